The largest absolute Gasteiger partial charge is 0.427 e. The molecule has 0 saturated carbocycles. The van der Waals surface area contributed by atoms with Crippen LogP contribution < -0.4 is 4.74 Å². The van der Waals surface area contributed by atoms with Crippen molar-refractivity contribution in [2.24, 2.45) is 0 Å². The molecule has 2 aromatic rings. The molecule has 0 spiro atoms. The van der Waals surface area contributed by atoms with E-state index >= 15 is 0 Å². The number of nitrogens with zero attached hydrogens (tertiary/aromatic N) is 2. The van der Waals surface area contributed by atoms with Crippen molar-refractivity contribution in [1.82, 2.24) is 9.80 Å². The van der Waals surface area contributed by atoms with Gasteiger partial charge in [-0.1, -0.05) is 18.2 Å². The number of halogens is 1. The van der Waals surface area contributed by atoms with Gasteiger partial charge in [0.05, 0.1) is 5.56 Å². The third kappa shape index (κ3) is 4.54. The minimum Gasteiger partial charge on any atom is -0.427 e. The maximum atomic E-state index is 13.9. The first-order valence-electron chi connectivity index (χ1n) is 9.07. The molecule has 3 rings (SSSR count). The lowest BCUT2D eigenvalue weighted by molar-refractivity contribution is -0.131. The minimum absolute atomic E-state index is 0.0383. The van der Waals surface area contributed by atoms with Gasteiger partial charge in [-0.2, -0.15) is 0 Å². The summed E-state index contributed by atoms with van der Waals surface area (Å²) >= 11 is 0. The third-order valence-corrected chi connectivity index (χ3v) is 4.52. The van der Waals surface area contributed by atoms with Crippen LogP contribution in [0.3, 0.4) is 0 Å². The first-order chi connectivity index (χ1) is 13.5. The maximum Gasteiger partial charge on any atom is 0.308 e. The first kappa shape index (κ1) is 19.5. The molecule has 2 amide bonds. The topological polar surface area (TPSA) is 66.9 Å². The zero-order chi connectivity index (χ0) is 20.1. The van der Waals surface area contributed by atoms with E-state index in [0.717, 1.165) is 0 Å². The lowest BCUT2D eigenvalue weighted by Crippen LogP contribution is -2.37. The molecule has 1 saturated heterocycles. The normalized spacial score (nSPS) is 14.4. The molecule has 6 nitrogen and oxygen atoms in total. The number of hydrogen-bond donors (Lipinski definition) is 0. The van der Waals surface area contributed by atoms with Gasteiger partial charge in [0.25, 0.3) is 11.8 Å². The van der Waals surface area contributed by atoms with Crippen molar-refractivity contribution in [2.45, 2.75) is 13.3 Å². The van der Waals surface area contributed by atoms with E-state index in [9.17, 15) is 18.8 Å². The van der Waals surface area contributed by atoms with Crippen LogP contribution in [0.4, 0.5) is 4.39 Å². The number of carbonyl (C=O) groups is 3. The fourth-order valence-corrected chi connectivity index (χ4v) is 3.17. The Morgan fingerprint density at radius 2 is 1.57 bits per heavy atom. The molecule has 0 radical (unpaired) electrons. The van der Waals surface area contributed by atoms with Gasteiger partial charge in [-0.05, 0) is 36.8 Å². The van der Waals surface area contributed by atoms with E-state index in [1.165, 1.54) is 25.1 Å². The Bertz CT molecular complexity index is 899. The second-order valence-corrected chi connectivity index (χ2v) is 6.54. The second kappa shape index (κ2) is 8.65. The van der Waals surface area contributed by atoms with Crippen LogP contribution in [0, 0.1) is 5.82 Å². The smallest absolute Gasteiger partial charge is 0.308 e. The summed E-state index contributed by atoms with van der Waals surface area (Å²) in [5.74, 6) is -1.27. The second-order valence-electron chi connectivity index (χ2n) is 6.54. The summed E-state index contributed by atoms with van der Waals surface area (Å²) in [6, 6.07) is 12.3. The summed E-state index contributed by atoms with van der Waals surface area (Å²) in [6.45, 7) is 2.89. The predicted molar refractivity (Wildman–Crippen MR) is 101 cm³/mol. The number of amides is 2. The minimum atomic E-state index is -0.549. The molecule has 0 aliphatic carbocycles. The lowest BCUT2D eigenvalue weighted by atomic mass is 10.2. The molecule has 7 heteroatoms. The van der Waals surface area contributed by atoms with E-state index < -0.39 is 11.8 Å². The number of carbonyl (C=O) groups excluding carboxylic acids is 3. The van der Waals surface area contributed by atoms with Gasteiger partial charge >= 0.3 is 5.97 Å². The fourth-order valence-electron chi connectivity index (χ4n) is 3.17. The zero-order valence-corrected chi connectivity index (χ0v) is 15.6. The van der Waals surface area contributed by atoms with Gasteiger partial charge < -0.3 is 14.5 Å². The van der Waals surface area contributed by atoms with Gasteiger partial charge in [-0.3, -0.25) is 14.4 Å². The van der Waals surface area contributed by atoms with Gasteiger partial charge in [0, 0.05) is 38.7 Å². The average Bonchev–Trinajstić information content (AvgIpc) is 2.93. The molecular weight excluding hydrogens is 363 g/mol. The van der Waals surface area contributed by atoms with Crippen LogP contribution in [0.2, 0.25) is 0 Å². The molecule has 0 N–H and O–H groups in total. The van der Waals surface area contributed by atoms with Crippen LogP contribution in [0.15, 0.2) is 48.5 Å². The van der Waals surface area contributed by atoms with E-state index in [4.69, 9.17) is 4.74 Å². The Kier molecular flexibility index (Phi) is 6.03. The highest BCUT2D eigenvalue weighted by Gasteiger charge is 2.25. The summed E-state index contributed by atoms with van der Waals surface area (Å²) in [4.78, 5) is 39.7. The van der Waals surface area contributed by atoms with Crippen LogP contribution in [0.5, 0.6) is 5.75 Å². The molecule has 1 fully saturated rings. The van der Waals surface area contributed by atoms with Crippen molar-refractivity contribution in [3.05, 3.63) is 65.5 Å². The molecule has 146 valence electrons. The number of ether oxygens (including phenoxy) is 1. The SMILES string of the molecule is CC(=O)Oc1cccc(C(=O)N2CCCN(C(=O)c3ccccc3F)CC2)c1. The Labute approximate surface area is 162 Å². The van der Waals surface area contributed by atoms with Gasteiger partial charge in [0.1, 0.15) is 11.6 Å². The Hall–Kier alpha value is -3.22. The Balaban J connectivity index is 1.68. The van der Waals surface area contributed by atoms with E-state index in [2.05, 4.69) is 0 Å². The summed E-state index contributed by atoms with van der Waals surface area (Å²) < 4.78 is 18.9. The number of rotatable bonds is 3. The predicted octanol–water partition coefficient (Wildman–Crippen LogP) is 2.74. The third-order valence-electron chi connectivity index (χ3n) is 4.52. The summed E-state index contributed by atoms with van der Waals surface area (Å²) in [7, 11) is 0. The molecular formula is C21H21FN2O4. The molecule has 1 aliphatic heterocycles. The molecule has 1 heterocycles. The zero-order valence-electron chi connectivity index (χ0n) is 15.6. The first-order valence-corrected chi connectivity index (χ1v) is 9.07. The van der Waals surface area contributed by atoms with Gasteiger partial charge in [0.2, 0.25) is 0 Å². The van der Waals surface area contributed by atoms with Crippen molar-refractivity contribution >= 4 is 17.8 Å². The molecule has 0 aromatic heterocycles. The average molecular weight is 384 g/mol. The maximum absolute atomic E-state index is 13.9. The van der Waals surface area contributed by atoms with Crippen LogP contribution in [-0.2, 0) is 4.79 Å². The van der Waals surface area contributed by atoms with Crippen LogP contribution in [0.1, 0.15) is 34.1 Å². The molecule has 28 heavy (non-hydrogen) atoms. The number of esters is 1. The monoisotopic (exact) mass is 384 g/mol. The molecule has 0 bridgehead atoms. The lowest BCUT2D eigenvalue weighted by Gasteiger charge is -2.22. The number of benzene rings is 2. The summed E-state index contributed by atoms with van der Waals surface area (Å²) in [5.41, 5.74) is 0.448. The van der Waals surface area contributed by atoms with E-state index in [0.29, 0.717) is 43.9 Å². The highest BCUT2D eigenvalue weighted by molar-refractivity contribution is 5.96. The van der Waals surface area contributed by atoms with Gasteiger partial charge in [-0.25, -0.2) is 4.39 Å². The summed E-state index contributed by atoms with van der Waals surface area (Å²) in [6.07, 6.45) is 0.593. The van der Waals surface area contributed by atoms with Crippen molar-refractivity contribution in [3.63, 3.8) is 0 Å². The quantitative estimate of drug-likeness (QED) is 0.603. The van der Waals surface area contributed by atoms with Crippen molar-refractivity contribution in [2.75, 3.05) is 26.2 Å². The summed E-state index contributed by atoms with van der Waals surface area (Å²) in [5, 5.41) is 0. The van der Waals surface area contributed by atoms with E-state index in [-0.39, 0.29) is 17.4 Å². The van der Waals surface area contributed by atoms with Gasteiger partial charge in [0.15, 0.2) is 0 Å². The van der Waals surface area contributed by atoms with E-state index in [1.807, 2.05) is 0 Å². The fraction of sp³-hybridized carbons (Fsp3) is 0.286. The van der Waals surface area contributed by atoms with Crippen LogP contribution >= 0.6 is 0 Å². The van der Waals surface area contributed by atoms with Crippen molar-refractivity contribution in [1.29, 1.82) is 0 Å². The highest BCUT2D eigenvalue weighted by Crippen LogP contribution is 2.17. The van der Waals surface area contributed by atoms with Crippen LogP contribution in [0.25, 0.3) is 0 Å². The van der Waals surface area contributed by atoms with E-state index in [1.54, 1.807) is 40.1 Å². The molecule has 2 aromatic carbocycles. The molecule has 1 aliphatic rings. The van der Waals surface area contributed by atoms with Crippen LogP contribution in [-0.4, -0.2) is 53.8 Å². The van der Waals surface area contributed by atoms with Crippen molar-refractivity contribution < 1.29 is 23.5 Å². The van der Waals surface area contributed by atoms with Gasteiger partial charge in [-0.15, -0.1) is 0 Å². The van der Waals surface area contributed by atoms with Crippen molar-refractivity contribution in [3.8, 4) is 5.75 Å². The Morgan fingerprint density at radius 1 is 0.893 bits per heavy atom. The highest BCUT2D eigenvalue weighted by atomic mass is 19.1. The Morgan fingerprint density at radius 3 is 2.25 bits per heavy atom. The number of hydrogen-bond acceptors (Lipinski definition) is 4. The molecule has 0 atom stereocenters. The molecule has 0 unspecified atom stereocenters. The standard InChI is InChI=1S/C21H21FN2O4/c1-15(25)28-17-7-4-6-16(14-17)20(26)23-10-5-11-24(13-12-23)21(27)18-8-2-3-9-19(18)22/h2-4,6-9,14H,5,10-13H2,1H3.